The molecule has 0 saturated heterocycles. The van der Waals surface area contributed by atoms with Crippen LogP contribution in [0.4, 0.5) is 5.69 Å². The summed E-state index contributed by atoms with van der Waals surface area (Å²) in [5.74, 6) is 0. The first-order valence-electron chi connectivity index (χ1n) is 6.80. The summed E-state index contributed by atoms with van der Waals surface area (Å²) in [5, 5.41) is 0. The third-order valence-electron chi connectivity index (χ3n) is 3.12. The van der Waals surface area contributed by atoms with Gasteiger partial charge < -0.3 is 0 Å². The molecule has 0 heterocycles. The standard InChI is InChI=1S/C16H18BrNO2S/c1-3-11-18(15-6-4-5-13(2)12-15)21(19,20)16-9-7-14(17)8-10-16/h4-10,12H,3,11H2,1-2H3. The highest BCUT2D eigenvalue weighted by atomic mass is 79.9. The van der Waals surface area contributed by atoms with E-state index in [-0.39, 0.29) is 0 Å². The zero-order valence-corrected chi connectivity index (χ0v) is 14.5. The van der Waals surface area contributed by atoms with E-state index in [4.69, 9.17) is 0 Å². The van der Waals surface area contributed by atoms with Gasteiger partial charge in [-0.1, -0.05) is 35.0 Å². The molecule has 0 radical (unpaired) electrons. The molecule has 0 atom stereocenters. The maximum absolute atomic E-state index is 12.9. The summed E-state index contributed by atoms with van der Waals surface area (Å²) in [5.41, 5.74) is 1.75. The first kappa shape index (κ1) is 16.0. The van der Waals surface area contributed by atoms with Crippen LogP contribution in [0.25, 0.3) is 0 Å². The molecule has 0 amide bonds. The van der Waals surface area contributed by atoms with Crippen LogP contribution < -0.4 is 4.31 Å². The van der Waals surface area contributed by atoms with Crippen LogP contribution in [0.15, 0.2) is 57.9 Å². The van der Waals surface area contributed by atoms with Crippen molar-refractivity contribution in [3.8, 4) is 0 Å². The third-order valence-corrected chi connectivity index (χ3v) is 5.49. The van der Waals surface area contributed by atoms with Gasteiger partial charge in [-0.2, -0.15) is 0 Å². The van der Waals surface area contributed by atoms with Crippen molar-refractivity contribution in [1.82, 2.24) is 0 Å². The van der Waals surface area contributed by atoms with Gasteiger partial charge in [0.2, 0.25) is 0 Å². The number of aryl methyl sites for hydroxylation is 1. The molecular formula is C16H18BrNO2S. The van der Waals surface area contributed by atoms with Crippen molar-refractivity contribution in [3.63, 3.8) is 0 Å². The molecule has 0 spiro atoms. The van der Waals surface area contributed by atoms with E-state index in [0.717, 1.165) is 16.5 Å². The fraction of sp³-hybridized carbons (Fsp3) is 0.250. The molecule has 2 aromatic carbocycles. The van der Waals surface area contributed by atoms with Gasteiger partial charge in [0.05, 0.1) is 10.6 Å². The van der Waals surface area contributed by atoms with E-state index >= 15 is 0 Å². The number of sulfonamides is 1. The van der Waals surface area contributed by atoms with E-state index in [9.17, 15) is 8.42 Å². The number of rotatable bonds is 5. The summed E-state index contributed by atoms with van der Waals surface area (Å²) < 4.78 is 28.0. The van der Waals surface area contributed by atoms with Crippen LogP contribution in [0.2, 0.25) is 0 Å². The number of nitrogens with zero attached hydrogens (tertiary/aromatic N) is 1. The first-order chi connectivity index (χ1) is 9.95. The zero-order chi connectivity index (χ0) is 15.5. The summed E-state index contributed by atoms with van der Waals surface area (Å²) in [6.07, 6.45) is 0.754. The van der Waals surface area contributed by atoms with Crippen LogP contribution in [0.5, 0.6) is 0 Å². The Labute approximate surface area is 134 Å². The molecule has 3 nitrogen and oxygen atoms in total. The second-order valence-electron chi connectivity index (χ2n) is 4.87. The van der Waals surface area contributed by atoms with Gasteiger partial charge in [-0.15, -0.1) is 0 Å². The molecule has 2 rings (SSSR count). The smallest absolute Gasteiger partial charge is 0.264 e. The molecule has 0 bridgehead atoms. The predicted octanol–water partition coefficient (Wildman–Crippen LogP) is 4.36. The molecule has 21 heavy (non-hydrogen) atoms. The van der Waals surface area contributed by atoms with Crippen LogP contribution in [0.1, 0.15) is 18.9 Å². The Morgan fingerprint density at radius 3 is 2.33 bits per heavy atom. The third kappa shape index (κ3) is 3.66. The monoisotopic (exact) mass is 367 g/mol. The van der Waals surface area contributed by atoms with E-state index in [1.54, 1.807) is 24.3 Å². The van der Waals surface area contributed by atoms with Crippen LogP contribution in [0, 0.1) is 6.92 Å². The Kier molecular flexibility index (Phi) is 5.06. The number of anilines is 1. The van der Waals surface area contributed by atoms with Crippen molar-refractivity contribution in [3.05, 3.63) is 58.6 Å². The second kappa shape index (κ2) is 6.62. The lowest BCUT2D eigenvalue weighted by Gasteiger charge is -2.24. The topological polar surface area (TPSA) is 37.4 Å². The highest BCUT2D eigenvalue weighted by molar-refractivity contribution is 9.10. The van der Waals surface area contributed by atoms with Gasteiger partial charge in [-0.25, -0.2) is 8.42 Å². The van der Waals surface area contributed by atoms with Crippen molar-refractivity contribution in [2.45, 2.75) is 25.2 Å². The molecule has 0 aliphatic rings. The lowest BCUT2D eigenvalue weighted by Crippen LogP contribution is -2.31. The molecular weight excluding hydrogens is 350 g/mol. The molecule has 0 N–H and O–H groups in total. The van der Waals surface area contributed by atoms with Crippen molar-refractivity contribution in [1.29, 1.82) is 0 Å². The lowest BCUT2D eigenvalue weighted by atomic mass is 10.2. The molecule has 0 saturated carbocycles. The summed E-state index contributed by atoms with van der Waals surface area (Å²) >= 11 is 3.33. The summed E-state index contributed by atoms with van der Waals surface area (Å²) in [4.78, 5) is 0.306. The second-order valence-corrected chi connectivity index (χ2v) is 7.65. The fourth-order valence-electron chi connectivity index (χ4n) is 2.11. The van der Waals surface area contributed by atoms with Crippen LogP contribution in [0.3, 0.4) is 0 Å². The molecule has 0 aliphatic heterocycles. The van der Waals surface area contributed by atoms with Crippen LogP contribution in [-0.4, -0.2) is 15.0 Å². The SMILES string of the molecule is CCCN(c1cccc(C)c1)S(=O)(=O)c1ccc(Br)cc1. The van der Waals surface area contributed by atoms with Crippen molar-refractivity contribution in [2.75, 3.05) is 10.8 Å². The Morgan fingerprint density at radius 1 is 1.10 bits per heavy atom. The lowest BCUT2D eigenvalue weighted by molar-refractivity contribution is 0.590. The zero-order valence-electron chi connectivity index (χ0n) is 12.1. The molecule has 0 aromatic heterocycles. The summed E-state index contributed by atoms with van der Waals surface area (Å²) in [6.45, 7) is 4.39. The van der Waals surface area contributed by atoms with E-state index in [2.05, 4.69) is 15.9 Å². The van der Waals surface area contributed by atoms with E-state index in [1.807, 2.05) is 38.1 Å². The van der Waals surface area contributed by atoms with Crippen LogP contribution in [-0.2, 0) is 10.0 Å². The summed E-state index contributed by atoms with van der Waals surface area (Å²) in [7, 11) is -3.54. The van der Waals surface area contributed by atoms with Gasteiger partial charge >= 0.3 is 0 Å². The number of hydrogen-bond donors (Lipinski definition) is 0. The summed E-state index contributed by atoms with van der Waals surface area (Å²) in [6, 6.07) is 14.3. The van der Waals surface area contributed by atoms with Crippen molar-refractivity contribution < 1.29 is 8.42 Å². The Bertz CT molecular complexity index is 711. The van der Waals surface area contributed by atoms with Gasteiger partial charge in [0.1, 0.15) is 0 Å². The average Bonchev–Trinajstić information content (AvgIpc) is 2.45. The average molecular weight is 368 g/mol. The molecule has 2 aromatic rings. The minimum Gasteiger partial charge on any atom is -0.266 e. The molecule has 112 valence electrons. The van der Waals surface area contributed by atoms with E-state index in [1.165, 1.54) is 4.31 Å². The molecule has 0 unspecified atom stereocenters. The first-order valence-corrected chi connectivity index (χ1v) is 9.03. The fourth-order valence-corrected chi connectivity index (χ4v) is 3.92. The Morgan fingerprint density at radius 2 is 1.76 bits per heavy atom. The maximum atomic E-state index is 12.9. The van der Waals surface area contributed by atoms with Gasteiger partial charge in [0, 0.05) is 11.0 Å². The van der Waals surface area contributed by atoms with E-state index in [0.29, 0.717) is 17.1 Å². The van der Waals surface area contributed by atoms with Crippen molar-refractivity contribution in [2.24, 2.45) is 0 Å². The Balaban J connectivity index is 2.48. The normalized spacial score (nSPS) is 11.4. The van der Waals surface area contributed by atoms with Gasteiger partial charge in [-0.3, -0.25) is 4.31 Å². The number of halogens is 1. The number of benzene rings is 2. The highest BCUT2D eigenvalue weighted by Crippen LogP contribution is 2.25. The molecule has 5 heteroatoms. The molecule has 0 aliphatic carbocycles. The highest BCUT2D eigenvalue weighted by Gasteiger charge is 2.24. The van der Waals surface area contributed by atoms with Crippen LogP contribution >= 0.6 is 15.9 Å². The molecule has 0 fully saturated rings. The minimum atomic E-state index is -3.54. The number of hydrogen-bond acceptors (Lipinski definition) is 2. The van der Waals surface area contributed by atoms with Crippen molar-refractivity contribution >= 4 is 31.6 Å². The van der Waals surface area contributed by atoms with Gasteiger partial charge in [-0.05, 0) is 55.3 Å². The predicted molar refractivity (Wildman–Crippen MR) is 90.1 cm³/mol. The van der Waals surface area contributed by atoms with E-state index < -0.39 is 10.0 Å². The largest absolute Gasteiger partial charge is 0.266 e. The quantitative estimate of drug-likeness (QED) is 0.786. The maximum Gasteiger partial charge on any atom is 0.264 e. The van der Waals surface area contributed by atoms with Gasteiger partial charge in [0.15, 0.2) is 0 Å². The van der Waals surface area contributed by atoms with Gasteiger partial charge in [0.25, 0.3) is 10.0 Å². The minimum absolute atomic E-state index is 0.306. The Hall–Kier alpha value is -1.33.